The fourth-order valence-electron chi connectivity index (χ4n) is 11.2. The first-order valence-corrected chi connectivity index (χ1v) is 41.2. The number of esters is 4. The van der Waals surface area contributed by atoms with E-state index in [4.69, 9.17) is 37.0 Å². The number of rotatable bonds is 71. The molecule has 0 spiro atoms. The number of aliphatic hydroxyl groups is 1. The van der Waals surface area contributed by atoms with Crippen LogP contribution in [0.25, 0.3) is 0 Å². The summed E-state index contributed by atoms with van der Waals surface area (Å²) in [4.78, 5) is 72.5. The van der Waals surface area contributed by atoms with Gasteiger partial charge in [0.05, 0.1) is 26.4 Å². The van der Waals surface area contributed by atoms with E-state index in [0.29, 0.717) is 37.5 Å². The molecule has 19 heteroatoms. The Morgan fingerprint density at radius 3 is 0.763 bits per heavy atom. The molecule has 17 nitrogen and oxygen atoms in total. The number of hydrogen-bond donors (Lipinski definition) is 3. The average molecular weight is 1370 g/mol. The lowest BCUT2D eigenvalue weighted by Crippen LogP contribution is -2.30. The molecular weight excluding hydrogens is 1220 g/mol. The van der Waals surface area contributed by atoms with E-state index >= 15 is 0 Å². The summed E-state index contributed by atoms with van der Waals surface area (Å²) in [6.45, 7) is 14.1. The zero-order valence-electron chi connectivity index (χ0n) is 60.9. The zero-order valence-corrected chi connectivity index (χ0v) is 62.7. The summed E-state index contributed by atoms with van der Waals surface area (Å²) >= 11 is 0. The van der Waals surface area contributed by atoms with Gasteiger partial charge in [-0.2, -0.15) is 0 Å². The van der Waals surface area contributed by atoms with Crippen LogP contribution in [0.2, 0.25) is 0 Å². The normalized spacial score (nSPS) is 14.5. The maximum atomic E-state index is 13.0. The topological polar surface area (TPSA) is 237 Å². The number of carbonyl (C=O) groups excluding carboxylic acids is 4. The van der Waals surface area contributed by atoms with Crippen LogP contribution >= 0.6 is 15.6 Å². The minimum absolute atomic E-state index is 0.102. The minimum Gasteiger partial charge on any atom is -0.462 e. The Bertz CT molecular complexity index is 1840. The van der Waals surface area contributed by atoms with Crippen LogP contribution in [0.5, 0.6) is 0 Å². The number of phosphoric acid groups is 2. The van der Waals surface area contributed by atoms with Crippen molar-refractivity contribution < 1.29 is 80.2 Å². The Labute approximate surface area is 568 Å². The van der Waals surface area contributed by atoms with E-state index in [1.807, 2.05) is 0 Å². The molecule has 0 aliphatic carbocycles. The largest absolute Gasteiger partial charge is 0.472 e. The monoisotopic (exact) mass is 1370 g/mol. The van der Waals surface area contributed by atoms with Gasteiger partial charge in [-0.05, 0) is 49.4 Å². The molecule has 3 unspecified atom stereocenters. The third kappa shape index (κ3) is 67.0. The summed E-state index contributed by atoms with van der Waals surface area (Å²) in [5, 5.41) is 10.6. The van der Waals surface area contributed by atoms with Crippen LogP contribution in [-0.2, 0) is 65.4 Å². The van der Waals surface area contributed by atoms with Crippen molar-refractivity contribution in [2.45, 2.75) is 388 Å². The summed E-state index contributed by atoms with van der Waals surface area (Å²) < 4.78 is 68.3. The van der Waals surface area contributed by atoms with Crippen molar-refractivity contribution in [2.24, 2.45) is 23.7 Å². The molecule has 3 N–H and O–H groups in total. The third-order valence-electron chi connectivity index (χ3n) is 17.4. The predicted molar refractivity (Wildman–Crippen MR) is 377 cm³/mol. The Balaban J connectivity index is 5.09. The van der Waals surface area contributed by atoms with Gasteiger partial charge >= 0.3 is 39.5 Å². The molecule has 0 bridgehead atoms. The maximum absolute atomic E-state index is 13.0. The Morgan fingerprint density at radius 2 is 0.516 bits per heavy atom. The Hall–Kier alpha value is -1.94. The van der Waals surface area contributed by atoms with Gasteiger partial charge in [0.15, 0.2) is 12.2 Å². The average Bonchev–Trinajstić information content (AvgIpc) is 1.84. The predicted octanol–water partition coefficient (Wildman–Crippen LogP) is 21.3. The summed E-state index contributed by atoms with van der Waals surface area (Å²) in [5.41, 5.74) is 0. The Kier molecular flexibility index (Phi) is 62.2. The van der Waals surface area contributed by atoms with Crippen LogP contribution in [0.3, 0.4) is 0 Å². The van der Waals surface area contributed by atoms with Gasteiger partial charge in [0, 0.05) is 25.7 Å². The highest BCUT2D eigenvalue weighted by atomic mass is 31.2. The van der Waals surface area contributed by atoms with Crippen molar-refractivity contribution in [3.05, 3.63) is 0 Å². The first kappa shape index (κ1) is 91.1. The van der Waals surface area contributed by atoms with Crippen LogP contribution in [0, 0.1) is 23.7 Å². The summed E-state index contributed by atoms with van der Waals surface area (Å²) in [6, 6.07) is 0. The standard InChI is InChI=1S/C74H144O17P2/c1-9-67(8)53-45-37-27-23-18-16-14-12-10-11-13-15-17-19-24-28-38-46-54-71(76)84-60-70(91-74(79)57-49-41-33-31-36-44-52-66(6)7)63-89-93(82,83)87-59-68(75)58-86-92(80,81)88-62-69(61-85-72(77)55-47-39-32-30-35-43-51-65(4)5)90-73(78)56-48-40-29-25-21-20-22-26-34-42-50-64(2)3/h64-70,75H,9-63H2,1-8H3,(H,80,81)(H,82,83)/t67?,68-,69+,70+/m0/s1. The van der Waals surface area contributed by atoms with Crippen LogP contribution in [0.1, 0.15) is 370 Å². The van der Waals surface area contributed by atoms with Gasteiger partial charge in [-0.1, -0.05) is 319 Å². The second-order valence-electron chi connectivity index (χ2n) is 28.4. The van der Waals surface area contributed by atoms with E-state index in [1.54, 1.807) is 0 Å². The van der Waals surface area contributed by atoms with Gasteiger partial charge in [0.25, 0.3) is 0 Å². The van der Waals surface area contributed by atoms with Gasteiger partial charge in [0.1, 0.15) is 19.3 Å². The molecule has 0 aromatic carbocycles. The molecular formula is C74H144O17P2. The van der Waals surface area contributed by atoms with Gasteiger partial charge in [-0.15, -0.1) is 0 Å². The number of hydrogen-bond acceptors (Lipinski definition) is 15. The number of unbranched alkanes of at least 4 members (excludes halogenated alkanes) is 36. The van der Waals surface area contributed by atoms with Crippen molar-refractivity contribution in [3.8, 4) is 0 Å². The third-order valence-corrected chi connectivity index (χ3v) is 19.3. The lowest BCUT2D eigenvalue weighted by Gasteiger charge is -2.21. The number of phosphoric ester groups is 2. The fraction of sp³-hybridized carbons (Fsp3) is 0.946. The molecule has 0 aliphatic heterocycles. The maximum Gasteiger partial charge on any atom is 0.472 e. The highest BCUT2D eigenvalue weighted by Gasteiger charge is 2.30. The lowest BCUT2D eigenvalue weighted by atomic mass is 9.99. The van der Waals surface area contributed by atoms with Gasteiger partial charge in [-0.3, -0.25) is 37.3 Å². The molecule has 0 fully saturated rings. The molecule has 0 aliphatic rings. The van der Waals surface area contributed by atoms with Crippen LogP contribution in [-0.4, -0.2) is 96.7 Å². The van der Waals surface area contributed by atoms with E-state index in [1.165, 1.54) is 167 Å². The first-order chi connectivity index (χ1) is 44.6. The molecule has 0 heterocycles. The summed E-state index contributed by atoms with van der Waals surface area (Å²) in [7, 11) is -9.90. The summed E-state index contributed by atoms with van der Waals surface area (Å²) in [6.07, 6.45) is 47.7. The lowest BCUT2D eigenvalue weighted by molar-refractivity contribution is -0.161. The van der Waals surface area contributed by atoms with E-state index in [9.17, 15) is 43.2 Å². The van der Waals surface area contributed by atoms with E-state index < -0.39 is 97.5 Å². The Morgan fingerprint density at radius 1 is 0.301 bits per heavy atom. The molecule has 552 valence electrons. The molecule has 0 saturated heterocycles. The van der Waals surface area contributed by atoms with Crippen LogP contribution in [0.15, 0.2) is 0 Å². The number of ether oxygens (including phenoxy) is 4. The quantitative estimate of drug-likeness (QED) is 0.0222. The van der Waals surface area contributed by atoms with Crippen LogP contribution in [0.4, 0.5) is 0 Å². The van der Waals surface area contributed by atoms with Gasteiger partial charge in [-0.25, -0.2) is 9.13 Å². The smallest absolute Gasteiger partial charge is 0.462 e. The van der Waals surface area contributed by atoms with Gasteiger partial charge in [0.2, 0.25) is 0 Å². The summed E-state index contributed by atoms with van der Waals surface area (Å²) in [5.74, 6) is 0.842. The highest BCUT2D eigenvalue weighted by Crippen LogP contribution is 2.45. The second kappa shape index (κ2) is 63.5. The van der Waals surface area contributed by atoms with Crippen molar-refractivity contribution >= 4 is 39.5 Å². The number of carbonyl (C=O) groups is 4. The minimum atomic E-state index is -4.95. The van der Waals surface area contributed by atoms with Crippen molar-refractivity contribution in [1.29, 1.82) is 0 Å². The fourth-order valence-corrected chi connectivity index (χ4v) is 12.7. The molecule has 0 amide bonds. The molecule has 0 radical (unpaired) electrons. The molecule has 0 rings (SSSR count). The van der Waals surface area contributed by atoms with E-state index in [0.717, 1.165) is 108 Å². The molecule has 0 saturated carbocycles. The van der Waals surface area contributed by atoms with Gasteiger partial charge < -0.3 is 33.8 Å². The second-order valence-corrected chi connectivity index (χ2v) is 31.3. The molecule has 0 aromatic rings. The van der Waals surface area contributed by atoms with E-state index in [2.05, 4.69) is 55.4 Å². The first-order valence-electron chi connectivity index (χ1n) is 38.2. The molecule has 0 aromatic heterocycles. The zero-order chi connectivity index (χ0) is 68.9. The number of aliphatic hydroxyl groups excluding tert-OH is 1. The van der Waals surface area contributed by atoms with Crippen molar-refractivity contribution in [1.82, 2.24) is 0 Å². The van der Waals surface area contributed by atoms with Crippen molar-refractivity contribution in [2.75, 3.05) is 39.6 Å². The van der Waals surface area contributed by atoms with Crippen molar-refractivity contribution in [3.63, 3.8) is 0 Å². The highest BCUT2D eigenvalue weighted by molar-refractivity contribution is 7.47. The van der Waals surface area contributed by atoms with E-state index in [-0.39, 0.29) is 25.7 Å². The van der Waals surface area contributed by atoms with Crippen LogP contribution < -0.4 is 0 Å². The molecule has 93 heavy (non-hydrogen) atoms. The SMILES string of the molecule is CCC(C)CCCCCCCCCCCCCCCCCCCCC(=O)OC[C@H](COP(=O)(O)OC[C@@H](O)COP(=O)(O)OC[C@@H](COC(=O)CCCCCCCCC(C)C)OC(=O)CCCCCCCCCCCCC(C)C)OC(=O)CCCCCCCCC(C)C. The molecule has 6 atom stereocenters.